The molecule has 0 aliphatic rings. The highest BCUT2D eigenvalue weighted by atomic mass is 35.5. The molecule has 20 heavy (non-hydrogen) atoms. The summed E-state index contributed by atoms with van der Waals surface area (Å²) in [5.74, 6) is -1.68. The van der Waals surface area contributed by atoms with Crippen LogP contribution in [0.4, 0.5) is 0 Å². The molecule has 1 atom stereocenters. The number of hydrogen-bond donors (Lipinski definition) is 3. The van der Waals surface area contributed by atoms with E-state index in [4.69, 9.17) is 26.6 Å². The Kier molecular flexibility index (Phi) is 5.35. The first-order chi connectivity index (χ1) is 9.19. The van der Waals surface area contributed by atoms with Crippen LogP contribution in [0.5, 0.6) is 5.75 Å². The highest BCUT2D eigenvalue weighted by Crippen LogP contribution is 2.31. The molecule has 3 N–H and O–H groups in total. The molecule has 0 unspecified atom stereocenters. The molecule has 1 rings (SSSR count). The Balaban J connectivity index is 3.40. The van der Waals surface area contributed by atoms with Crippen molar-refractivity contribution in [1.29, 1.82) is 0 Å². The first-order valence-corrected chi connectivity index (χ1v) is 7.33. The van der Waals surface area contributed by atoms with Crippen LogP contribution in [-0.2, 0) is 10.0 Å². The van der Waals surface area contributed by atoms with Crippen LogP contribution in [0.2, 0.25) is 5.02 Å². The first kappa shape index (κ1) is 16.7. The smallest absolute Gasteiger partial charge is 0.339 e. The second kappa shape index (κ2) is 6.40. The summed E-state index contributed by atoms with van der Waals surface area (Å²) in [6.07, 6.45) is -0.895. The number of hydrogen-bond acceptors (Lipinski definition) is 5. The van der Waals surface area contributed by atoms with Crippen LogP contribution in [0.1, 0.15) is 17.3 Å². The fourth-order valence-corrected chi connectivity index (χ4v) is 3.06. The molecule has 0 aliphatic heterocycles. The molecule has 0 saturated carbocycles. The van der Waals surface area contributed by atoms with Crippen molar-refractivity contribution in [3.05, 3.63) is 22.7 Å². The van der Waals surface area contributed by atoms with Gasteiger partial charge in [-0.2, -0.15) is 0 Å². The molecule has 112 valence electrons. The van der Waals surface area contributed by atoms with Crippen molar-refractivity contribution in [2.45, 2.75) is 17.9 Å². The van der Waals surface area contributed by atoms with E-state index in [1.165, 1.54) is 6.92 Å². The van der Waals surface area contributed by atoms with E-state index in [-0.39, 0.29) is 22.9 Å². The van der Waals surface area contributed by atoms with Gasteiger partial charge in [-0.1, -0.05) is 11.6 Å². The number of aliphatic hydroxyl groups is 1. The number of aliphatic hydroxyl groups excluding tert-OH is 1. The van der Waals surface area contributed by atoms with Gasteiger partial charge in [-0.05, 0) is 19.1 Å². The van der Waals surface area contributed by atoms with Crippen LogP contribution in [-0.4, -0.2) is 44.4 Å². The van der Waals surface area contributed by atoms with E-state index in [2.05, 4.69) is 4.72 Å². The van der Waals surface area contributed by atoms with Gasteiger partial charge >= 0.3 is 5.97 Å². The molecular formula is C11H14ClNO6S. The minimum Gasteiger partial charge on any atom is -0.494 e. The first-order valence-electron chi connectivity index (χ1n) is 5.47. The molecule has 0 radical (unpaired) electrons. The zero-order valence-corrected chi connectivity index (χ0v) is 12.3. The lowest BCUT2D eigenvalue weighted by Crippen LogP contribution is -2.31. The lowest BCUT2D eigenvalue weighted by Gasteiger charge is -2.14. The summed E-state index contributed by atoms with van der Waals surface area (Å²) in [6.45, 7) is 1.18. The maximum Gasteiger partial charge on any atom is 0.339 e. The summed E-state index contributed by atoms with van der Waals surface area (Å²) in [6, 6.07) is 2.17. The number of aromatic carboxylic acids is 1. The number of sulfonamides is 1. The maximum atomic E-state index is 12.1. The van der Waals surface area contributed by atoms with E-state index in [1.54, 1.807) is 0 Å². The monoisotopic (exact) mass is 323 g/mol. The van der Waals surface area contributed by atoms with Crippen LogP contribution >= 0.6 is 11.6 Å². The van der Waals surface area contributed by atoms with E-state index >= 15 is 0 Å². The molecule has 0 amide bonds. The van der Waals surface area contributed by atoms with E-state index in [1.807, 2.05) is 0 Å². The summed E-state index contributed by atoms with van der Waals surface area (Å²) in [5, 5.41) is 18.1. The molecule has 0 heterocycles. The second-order valence-corrected chi connectivity index (χ2v) is 6.16. The minimum atomic E-state index is -4.06. The van der Waals surface area contributed by atoms with Crippen LogP contribution in [0.15, 0.2) is 17.0 Å². The molecule has 0 fully saturated rings. The Morgan fingerprint density at radius 1 is 1.50 bits per heavy atom. The number of nitrogens with one attached hydrogen (secondary N) is 1. The van der Waals surface area contributed by atoms with Gasteiger partial charge in [-0.25, -0.2) is 17.9 Å². The van der Waals surface area contributed by atoms with Crippen molar-refractivity contribution in [3.8, 4) is 5.75 Å². The molecule has 0 bridgehead atoms. The van der Waals surface area contributed by atoms with Crippen LogP contribution in [0, 0.1) is 0 Å². The largest absolute Gasteiger partial charge is 0.494 e. The third kappa shape index (κ3) is 3.83. The number of carbonyl (C=O) groups is 1. The van der Waals surface area contributed by atoms with E-state index in [0.29, 0.717) is 0 Å². The van der Waals surface area contributed by atoms with Gasteiger partial charge in [0, 0.05) is 11.6 Å². The normalized spacial score (nSPS) is 13.0. The SMILES string of the molecule is COc1c(C(=O)O)cc(Cl)cc1S(=O)(=O)NC[C@H](C)O. The van der Waals surface area contributed by atoms with Crippen molar-refractivity contribution in [3.63, 3.8) is 0 Å². The number of halogens is 1. The zero-order valence-electron chi connectivity index (χ0n) is 10.8. The average molecular weight is 324 g/mol. The fourth-order valence-electron chi connectivity index (χ4n) is 1.45. The van der Waals surface area contributed by atoms with Crippen LogP contribution < -0.4 is 9.46 Å². The van der Waals surface area contributed by atoms with Gasteiger partial charge in [0.1, 0.15) is 10.5 Å². The number of ether oxygens (including phenoxy) is 1. The Hall–Kier alpha value is -1.35. The summed E-state index contributed by atoms with van der Waals surface area (Å²) in [5.41, 5.74) is -0.363. The zero-order chi connectivity index (χ0) is 15.5. The molecule has 0 aromatic heterocycles. The van der Waals surface area contributed by atoms with Crippen LogP contribution in [0.25, 0.3) is 0 Å². The Morgan fingerprint density at radius 3 is 2.55 bits per heavy atom. The van der Waals surface area contributed by atoms with Gasteiger partial charge in [0.15, 0.2) is 5.75 Å². The van der Waals surface area contributed by atoms with Gasteiger partial charge in [-0.3, -0.25) is 0 Å². The number of methoxy groups -OCH3 is 1. The van der Waals surface area contributed by atoms with Crippen molar-refractivity contribution in [2.24, 2.45) is 0 Å². The standard InChI is InChI=1S/C11H14ClNO6S/c1-6(14)5-13-20(17,18)9-4-7(12)3-8(11(15)16)10(9)19-2/h3-4,6,13-14H,5H2,1-2H3,(H,15,16)/t6-/m0/s1. The molecule has 0 saturated heterocycles. The third-order valence-electron chi connectivity index (χ3n) is 2.31. The number of carboxylic acid groups (broad SMARTS) is 1. The molecule has 9 heteroatoms. The molecular weight excluding hydrogens is 310 g/mol. The van der Waals surface area contributed by atoms with Crippen molar-refractivity contribution in [1.82, 2.24) is 4.72 Å². The van der Waals surface area contributed by atoms with E-state index < -0.39 is 27.0 Å². The molecule has 0 aliphatic carbocycles. The number of carboxylic acids is 1. The average Bonchev–Trinajstić information content (AvgIpc) is 2.35. The van der Waals surface area contributed by atoms with Gasteiger partial charge in [0.05, 0.1) is 13.2 Å². The van der Waals surface area contributed by atoms with Gasteiger partial charge in [0.25, 0.3) is 0 Å². The molecule has 1 aromatic rings. The number of benzene rings is 1. The lowest BCUT2D eigenvalue weighted by atomic mass is 10.2. The summed E-state index contributed by atoms with van der Waals surface area (Å²) in [7, 11) is -2.90. The van der Waals surface area contributed by atoms with Gasteiger partial charge in [-0.15, -0.1) is 0 Å². The predicted octanol–water partition coefficient (Wildman–Crippen LogP) is 0.706. The molecule has 1 aromatic carbocycles. The Bertz CT molecular complexity index is 614. The summed E-state index contributed by atoms with van der Waals surface area (Å²) >= 11 is 5.73. The molecule has 7 nitrogen and oxygen atoms in total. The van der Waals surface area contributed by atoms with Crippen molar-refractivity contribution < 1.29 is 28.2 Å². The summed E-state index contributed by atoms with van der Waals surface area (Å²) < 4.78 is 31.2. The Labute approximate surface area is 121 Å². The fraction of sp³-hybridized carbons (Fsp3) is 0.364. The highest BCUT2D eigenvalue weighted by molar-refractivity contribution is 7.89. The minimum absolute atomic E-state index is 0.0550. The predicted molar refractivity (Wildman–Crippen MR) is 71.8 cm³/mol. The second-order valence-electron chi connectivity index (χ2n) is 3.99. The quantitative estimate of drug-likeness (QED) is 0.710. The van der Waals surface area contributed by atoms with Crippen LogP contribution in [0.3, 0.4) is 0 Å². The highest BCUT2D eigenvalue weighted by Gasteiger charge is 2.25. The Morgan fingerprint density at radius 2 is 2.10 bits per heavy atom. The summed E-state index contributed by atoms with van der Waals surface area (Å²) in [4.78, 5) is 10.7. The topological polar surface area (TPSA) is 113 Å². The van der Waals surface area contributed by atoms with E-state index in [0.717, 1.165) is 19.2 Å². The van der Waals surface area contributed by atoms with E-state index in [9.17, 15) is 13.2 Å². The number of rotatable bonds is 6. The third-order valence-corrected chi connectivity index (χ3v) is 3.96. The van der Waals surface area contributed by atoms with Crippen molar-refractivity contribution >= 4 is 27.6 Å². The molecule has 0 spiro atoms. The lowest BCUT2D eigenvalue weighted by molar-refractivity contribution is 0.0692. The maximum absolute atomic E-state index is 12.1. The van der Waals surface area contributed by atoms with Crippen molar-refractivity contribution in [2.75, 3.05) is 13.7 Å². The van der Waals surface area contributed by atoms with Gasteiger partial charge in [0.2, 0.25) is 10.0 Å². The van der Waals surface area contributed by atoms with Gasteiger partial charge < -0.3 is 14.9 Å².